The van der Waals surface area contributed by atoms with Gasteiger partial charge in [0.05, 0.1) is 43.2 Å². The number of carbonyl (C=O) groups excluding carboxylic acids is 1. The van der Waals surface area contributed by atoms with Crippen molar-refractivity contribution in [2.75, 3.05) is 13.2 Å². The van der Waals surface area contributed by atoms with E-state index in [0.29, 0.717) is 31.5 Å². The molecule has 32 heavy (non-hydrogen) atoms. The van der Waals surface area contributed by atoms with Gasteiger partial charge in [-0.05, 0) is 57.3 Å². The summed E-state index contributed by atoms with van der Waals surface area (Å²) in [4.78, 5) is 11.8. The average Bonchev–Trinajstić information content (AvgIpc) is 3.53. The van der Waals surface area contributed by atoms with Gasteiger partial charge in [-0.15, -0.1) is 0 Å². The van der Waals surface area contributed by atoms with Crippen LogP contribution in [0.2, 0.25) is 0 Å². The molecule has 5 saturated heterocycles. The fourth-order valence-corrected chi connectivity index (χ4v) is 7.00. The third-order valence-electron chi connectivity index (χ3n) is 8.87. The van der Waals surface area contributed by atoms with E-state index in [9.17, 15) is 4.79 Å². The molecule has 0 N–H and O–H groups in total. The van der Waals surface area contributed by atoms with Gasteiger partial charge in [0.25, 0.3) is 5.97 Å². The summed E-state index contributed by atoms with van der Waals surface area (Å²) in [5.74, 6) is -0.111. The first-order valence-corrected chi connectivity index (χ1v) is 12.7. The molecule has 5 heterocycles. The Morgan fingerprint density at radius 3 is 2.41 bits per heavy atom. The minimum absolute atomic E-state index is 0.000260. The molecular formula is C25H40O7. The van der Waals surface area contributed by atoms with E-state index in [2.05, 4.69) is 27.7 Å². The summed E-state index contributed by atoms with van der Waals surface area (Å²) >= 11 is 0. The van der Waals surface area contributed by atoms with Crippen molar-refractivity contribution in [3.8, 4) is 0 Å². The first-order chi connectivity index (χ1) is 15.2. The molecule has 0 bridgehead atoms. The number of rotatable bonds is 4. The summed E-state index contributed by atoms with van der Waals surface area (Å²) in [5, 5.41) is 0. The molecule has 0 aromatic heterocycles. The van der Waals surface area contributed by atoms with Crippen LogP contribution in [0.25, 0.3) is 0 Å². The van der Waals surface area contributed by atoms with Crippen molar-refractivity contribution in [1.82, 2.24) is 0 Å². The van der Waals surface area contributed by atoms with Crippen LogP contribution in [0.4, 0.5) is 0 Å². The van der Waals surface area contributed by atoms with E-state index in [1.54, 1.807) is 0 Å². The highest BCUT2D eigenvalue weighted by Crippen LogP contribution is 2.51. The molecule has 5 aliphatic heterocycles. The number of carbonyl (C=O) groups is 1. The SMILES string of the molecule is CC[C@@]1([C@@H]2O[C@@H]([C@H]3OC4(OCCO4)[C@H](C)C[C@@H]3C)C[C@@H]2C)CC[C@H]([C@]2(C)CCC(=O)O2)O1. The molecule has 0 saturated carbocycles. The first-order valence-electron chi connectivity index (χ1n) is 12.7. The maximum atomic E-state index is 11.8. The Morgan fingerprint density at radius 1 is 1.00 bits per heavy atom. The van der Waals surface area contributed by atoms with Crippen molar-refractivity contribution in [2.24, 2.45) is 17.8 Å². The van der Waals surface area contributed by atoms with Crippen molar-refractivity contribution in [3.63, 3.8) is 0 Å². The standard InChI is InChI=1S/C25H40O7/c1-6-24(10-7-19(30-24)23(5)9-8-20(26)31-23)22-16(3)14-18(29-22)21-15(2)13-17(4)25(32-21)27-11-12-28-25/h15-19,21-22H,6-14H2,1-5H3/t15-,16-,17+,18+,19+,21-,22+,23-,24-/m0/s1. The summed E-state index contributed by atoms with van der Waals surface area (Å²) in [6.45, 7) is 12.0. The van der Waals surface area contributed by atoms with Crippen molar-refractivity contribution >= 4 is 5.97 Å². The summed E-state index contributed by atoms with van der Waals surface area (Å²) < 4.78 is 37.7. The highest BCUT2D eigenvalue weighted by atomic mass is 16.9. The van der Waals surface area contributed by atoms with Gasteiger partial charge in [-0.25, -0.2) is 0 Å². The monoisotopic (exact) mass is 452 g/mol. The average molecular weight is 453 g/mol. The Kier molecular flexibility index (Phi) is 5.90. The number of hydrogen-bond donors (Lipinski definition) is 0. The van der Waals surface area contributed by atoms with Gasteiger partial charge in [-0.1, -0.05) is 27.7 Å². The second-order valence-corrected chi connectivity index (χ2v) is 11.2. The Morgan fingerprint density at radius 2 is 1.75 bits per heavy atom. The van der Waals surface area contributed by atoms with Crippen LogP contribution in [0.5, 0.6) is 0 Å². The van der Waals surface area contributed by atoms with Crippen molar-refractivity contribution in [1.29, 1.82) is 0 Å². The Bertz CT molecular complexity index is 721. The van der Waals surface area contributed by atoms with Gasteiger partial charge in [0.2, 0.25) is 0 Å². The van der Waals surface area contributed by atoms with E-state index in [1.807, 2.05) is 6.92 Å². The van der Waals surface area contributed by atoms with Crippen LogP contribution in [-0.2, 0) is 33.2 Å². The van der Waals surface area contributed by atoms with E-state index >= 15 is 0 Å². The largest absolute Gasteiger partial charge is 0.457 e. The Hall–Kier alpha value is -0.730. The Balaban J connectivity index is 1.30. The summed E-state index contributed by atoms with van der Waals surface area (Å²) in [5.41, 5.74) is -0.865. The van der Waals surface area contributed by atoms with Crippen molar-refractivity contribution in [2.45, 2.75) is 121 Å². The lowest BCUT2D eigenvalue weighted by molar-refractivity contribution is -0.403. The van der Waals surface area contributed by atoms with Crippen LogP contribution in [0, 0.1) is 17.8 Å². The third-order valence-corrected chi connectivity index (χ3v) is 8.87. The van der Waals surface area contributed by atoms with E-state index in [-0.39, 0.29) is 41.9 Å². The second-order valence-electron chi connectivity index (χ2n) is 11.2. The van der Waals surface area contributed by atoms with Crippen LogP contribution in [-0.4, -0.2) is 60.8 Å². The minimum Gasteiger partial charge on any atom is -0.457 e. The molecule has 0 aromatic rings. The maximum Gasteiger partial charge on any atom is 0.306 e. The fraction of sp³-hybridized carbons (Fsp3) is 0.960. The third kappa shape index (κ3) is 3.63. The fourth-order valence-electron chi connectivity index (χ4n) is 7.00. The van der Waals surface area contributed by atoms with Crippen LogP contribution in [0.1, 0.15) is 79.6 Å². The molecule has 7 nitrogen and oxygen atoms in total. The number of cyclic esters (lactones) is 1. The molecular weight excluding hydrogens is 412 g/mol. The second kappa shape index (κ2) is 8.19. The molecule has 0 aromatic carbocycles. The molecule has 0 unspecified atom stereocenters. The molecule has 0 aliphatic carbocycles. The van der Waals surface area contributed by atoms with Crippen molar-refractivity contribution < 1.29 is 33.2 Å². The summed E-state index contributed by atoms with van der Waals surface area (Å²) in [7, 11) is 0. The lowest BCUT2D eigenvalue weighted by atomic mass is 9.81. The topological polar surface area (TPSA) is 72.5 Å². The molecule has 9 atom stereocenters. The number of hydrogen-bond acceptors (Lipinski definition) is 7. The maximum absolute atomic E-state index is 11.8. The lowest BCUT2D eigenvalue weighted by Gasteiger charge is -2.46. The van der Waals surface area contributed by atoms with Gasteiger partial charge in [-0.3, -0.25) is 4.79 Å². The quantitative estimate of drug-likeness (QED) is 0.598. The molecule has 5 fully saturated rings. The minimum atomic E-state index is -0.916. The zero-order chi connectivity index (χ0) is 22.7. The molecule has 0 radical (unpaired) electrons. The van der Waals surface area contributed by atoms with Crippen LogP contribution < -0.4 is 0 Å². The smallest absolute Gasteiger partial charge is 0.306 e. The predicted molar refractivity (Wildman–Crippen MR) is 116 cm³/mol. The van der Waals surface area contributed by atoms with Crippen LogP contribution in [0.15, 0.2) is 0 Å². The molecule has 5 rings (SSSR count). The van der Waals surface area contributed by atoms with E-state index < -0.39 is 11.6 Å². The molecule has 1 spiro atoms. The van der Waals surface area contributed by atoms with Gasteiger partial charge >= 0.3 is 5.97 Å². The van der Waals surface area contributed by atoms with E-state index in [1.165, 1.54) is 0 Å². The zero-order valence-corrected chi connectivity index (χ0v) is 20.3. The molecule has 7 heteroatoms. The normalized spacial score (nSPS) is 50.9. The first kappa shape index (κ1) is 23.0. The predicted octanol–water partition coefficient (Wildman–Crippen LogP) is 3.97. The zero-order valence-electron chi connectivity index (χ0n) is 20.3. The summed E-state index contributed by atoms with van der Waals surface area (Å²) in [6.07, 6.45) is 5.70. The van der Waals surface area contributed by atoms with Gasteiger partial charge in [-0.2, -0.15) is 0 Å². The van der Waals surface area contributed by atoms with Gasteiger partial charge in [0.15, 0.2) is 0 Å². The molecule has 5 aliphatic rings. The highest BCUT2D eigenvalue weighted by molar-refractivity contribution is 5.72. The van der Waals surface area contributed by atoms with Gasteiger partial charge in [0.1, 0.15) is 5.60 Å². The van der Waals surface area contributed by atoms with Crippen molar-refractivity contribution in [3.05, 3.63) is 0 Å². The van der Waals surface area contributed by atoms with Gasteiger partial charge in [0, 0.05) is 12.3 Å². The Labute approximate surface area is 191 Å². The van der Waals surface area contributed by atoms with E-state index in [4.69, 9.17) is 28.4 Å². The number of ether oxygens (including phenoxy) is 6. The van der Waals surface area contributed by atoms with E-state index in [0.717, 1.165) is 38.5 Å². The number of esters is 1. The van der Waals surface area contributed by atoms with Crippen LogP contribution in [0.3, 0.4) is 0 Å². The lowest BCUT2D eigenvalue weighted by Crippen LogP contribution is -2.54. The molecule has 182 valence electrons. The summed E-state index contributed by atoms with van der Waals surface area (Å²) in [6, 6.07) is 0. The highest BCUT2D eigenvalue weighted by Gasteiger charge is 2.59. The van der Waals surface area contributed by atoms with Gasteiger partial charge < -0.3 is 28.4 Å². The van der Waals surface area contributed by atoms with Crippen LogP contribution >= 0.6 is 0 Å². The molecule has 0 amide bonds.